The molecular weight excluding hydrogens is 329 g/mol. The van der Waals surface area contributed by atoms with Crippen LogP contribution in [-0.2, 0) is 0 Å². The first-order valence-electron chi connectivity index (χ1n) is 8.12. The molecule has 1 aromatic carbocycles. The van der Waals surface area contributed by atoms with Crippen molar-refractivity contribution in [3.05, 3.63) is 41.8 Å². The summed E-state index contributed by atoms with van der Waals surface area (Å²) in [5.41, 5.74) is 1.78. The molecular formula is C17H21ClFN5. The van der Waals surface area contributed by atoms with Crippen LogP contribution in [0.2, 0.25) is 0 Å². The first kappa shape index (κ1) is 16.9. The lowest BCUT2D eigenvalue weighted by Gasteiger charge is -2.13. The highest BCUT2D eigenvalue weighted by Gasteiger charge is 2.27. The van der Waals surface area contributed by atoms with Crippen molar-refractivity contribution >= 4 is 29.2 Å². The number of nitrogens with zero attached hydrogens (tertiary/aromatic N) is 3. The zero-order valence-electron chi connectivity index (χ0n) is 13.6. The lowest BCUT2D eigenvalue weighted by atomic mass is 10.2. The molecule has 0 unspecified atom stereocenters. The van der Waals surface area contributed by atoms with Crippen LogP contribution in [0, 0.1) is 5.82 Å². The molecule has 2 aromatic rings. The van der Waals surface area contributed by atoms with Gasteiger partial charge in [-0.3, -0.25) is 0 Å². The van der Waals surface area contributed by atoms with Gasteiger partial charge < -0.3 is 10.6 Å². The molecule has 3 rings (SSSR count). The molecule has 1 aromatic heterocycles. The van der Waals surface area contributed by atoms with E-state index in [0.29, 0.717) is 17.6 Å². The Morgan fingerprint density at radius 1 is 1.38 bits per heavy atom. The van der Waals surface area contributed by atoms with Crippen molar-refractivity contribution in [2.45, 2.75) is 25.2 Å². The second-order valence-electron chi connectivity index (χ2n) is 6.02. The van der Waals surface area contributed by atoms with E-state index in [1.165, 1.54) is 25.0 Å². The highest BCUT2D eigenvalue weighted by molar-refractivity contribution is 6.13. The Bertz CT molecular complexity index is 690. The van der Waals surface area contributed by atoms with Gasteiger partial charge in [-0.15, -0.1) is 0 Å². The zero-order chi connectivity index (χ0) is 16.9. The molecule has 1 aliphatic carbocycles. The molecule has 0 bridgehead atoms. The SMILES string of the molecule is CN(Cl)CCCNc1nc(Nc2cccc(F)c2)ncc1C1CC1. The van der Waals surface area contributed by atoms with E-state index in [-0.39, 0.29) is 5.82 Å². The maximum atomic E-state index is 13.3. The number of rotatable bonds is 8. The summed E-state index contributed by atoms with van der Waals surface area (Å²) in [6, 6.07) is 6.26. The van der Waals surface area contributed by atoms with Gasteiger partial charge >= 0.3 is 0 Å². The minimum absolute atomic E-state index is 0.293. The van der Waals surface area contributed by atoms with E-state index in [1.807, 2.05) is 13.2 Å². The summed E-state index contributed by atoms with van der Waals surface area (Å²) in [5, 5.41) is 6.43. The van der Waals surface area contributed by atoms with Gasteiger partial charge in [-0.05, 0) is 55.2 Å². The van der Waals surface area contributed by atoms with E-state index in [1.54, 1.807) is 16.6 Å². The van der Waals surface area contributed by atoms with Crippen molar-refractivity contribution in [1.82, 2.24) is 14.4 Å². The molecule has 0 spiro atoms. The molecule has 1 saturated carbocycles. The van der Waals surface area contributed by atoms with Crippen LogP contribution in [0.5, 0.6) is 0 Å². The van der Waals surface area contributed by atoms with Crippen molar-refractivity contribution in [2.24, 2.45) is 0 Å². The summed E-state index contributed by atoms with van der Waals surface area (Å²) in [6.07, 6.45) is 5.14. The highest BCUT2D eigenvalue weighted by atomic mass is 35.5. The molecule has 0 radical (unpaired) electrons. The van der Waals surface area contributed by atoms with Gasteiger partial charge in [0.05, 0.1) is 0 Å². The molecule has 5 nitrogen and oxygen atoms in total. The molecule has 1 fully saturated rings. The first-order valence-corrected chi connectivity index (χ1v) is 8.46. The number of nitrogens with one attached hydrogen (secondary N) is 2. The normalized spacial score (nSPS) is 14.0. The van der Waals surface area contributed by atoms with E-state index in [4.69, 9.17) is 11.8 Å². The third-order valence-electron chi connectivity index (χ3n) is 3.85. The smallest absolute Gasteiger partial charge is 0.229 e. The standard InChI is InChI=1S/C17H21ClFN5/c1-24(18)9-3-8-20-16-15(12-6-7-12)11-21-17(23-16)22-14-5-2-4-13(19)10-14/h2,4-5,10-12H,3,6-9H2,1H3,(H2,20,21,22,23). The lowest BCUT2D eigenvalue weighted by Crippen LogP contribution is -2.14. The summed E-state index contributed by atoms with van der Waals surface area (Å²) in [4.78, 5) is 8.94. The lowest BCUT2D eigenvalue weighted by molar-refractivity contribution is 0.535. The highest BCUT2D eigenvalue weighted by Crippen LogP contribution is 2.42. The monoisotopic (exact) mass is 349 g/mol. The van der Waals surface area contributed by atoms with Crippen molar-refractivity contribution < 1.29 is 4.39 Å². The predicted molar refractivity (Wildman–Crippen MR) is 95.3 cm³/mol. The van der Waals surface area contributed by atoms with Gasteiger partial charge in [0.15, 0.2) is 0 Å². The summed E-state index contributed by atoms with van der Waals surface area (Å²) in [6.45, 7) is 1.58. The maximum Gasteiger partial charge on any atom is 0.229 e. The van der Waals surface area contributed by atoms with Crippen LogP contribution in [0.1, 0.15) is 30.7 Å². The molecule has 7 heteroatoms. The first-order chi connectivity index (χ1) is 11.6. The van der Waals surface area contributed by atoms with Crippen LogP contribution in [0.4, 0.5) is 21.8 Å². The average Bonchev–Trinajstić information content (AvgIpc) is 3.36. The predicted octanol–water partition coefficient (Wildman–Crippen LogP) is 4.12. The minimum atomic E-state index is -0.293. The average molecular weight is 350 g/mol. The van der Waals surface area contributed by atoms with Crippen molar-refractivity contribution in [1.29, 1.82) is 0 Å². The molecule has 0 aliphatic heterocycles. The Morgan fingerprint density at radius 2 is 2.21 bits per heavy atom. The largest absolute Gasteiger partial charge is 0.370 e. The van der Waals surface area contributed by atoms with Gasteiger partial charge in [-0.1, -0.05) is 6.07 Å². The third-order valence-corrected chi connectivity index (χ3v) is 4.02. The summed E-state index contributed by atoms with van der Waals surface area (Å²) < 4.78 is 14.9. The fourth-order valence-corrected chi connectivity index (χ4v) is 2.60. The van der Waals surface area contributed by atoms with E-state index >= 15 is 0 Å². The van der Waals surface area contributed by atoms with Crippen LogP contribution in [0.3, 0.4) is 0 Å². The van der Waals surface area contributed by atoms with Gasteiger partial charge in [0.2, 0.25) is 5.95 Å². The Kier molecular flexibility index (Phi) is 5.48. The molecule has 1 aliphatic rings. The quantitative estimate of drug-likeness (QED) is 0.554. The molecule has 0 amide bonds. The maximum absolute atomic E-state index is 13.3. The number of hydrogen-bond donors (Lipinski definition) is 2. The molecule has 24 heavy (non-hydrogen) atoms. The van der Waals surface area contributed by atoms with Gasteiger partial charge in [0, 0.05) is 37.6 Å². The Balaban J connectivity index is 1.70. The topological polar surface area (TPSA) is 53.1 Å². The van der Waals surface area contributed by atoms with Crippen LogP contribution >= 0.6 is 11.8 Å². The Morgan fingerprint density at radius 3 is 2.92 bits per heavy atom. The number of halogens is 2. The number of benzene rings is 1. The number of aromatic nitrogens is 2. The van der Waals surface area contributed by atoms with E-state index in [9.17, 15) is 4.39 Å². The Labute approximate surface area is 146 Å². The molecule has 0 atom stereocenters. The molecule has 1 heterocycles. The van der Waals surface area contributed by atoms with Crippen LogP contribution < -0.4 is 10.6 Å². The summed E-state index contributed by atoms with van der Waals surface area (Å²) in [5.74, 6) is 1.56. The third kappa shape index (κ3) is 4.79. The van der Waals surface area contributed by atoms with E-state index < -0.39 is 0 Å². The zero-order valence-corrected chi connectivity index (χ0v) is 14.4. The van der Waals surface area contributed by atoms with Crippen molar-refractivity contribution in [3.63, 3.8) is 0 Å². The van der Waals surface area contributed by atoms with Gasteiger partial charge in [-0.2, -0.15) is 4.98 Å². The second kappa shape index (κ2) is 7.77. The molecule has 0 saturated heterocycles. The van der Waals surface area contributed by atoms with Crippen LogP contribution in [0.25, 0.3) is 0 Å². The second-order valence-corrected chi connectivity index (χ2v) is 6.59. The number of anilines is 3. The van der Waals surface area contributed by atoms with Crippen molar-refractivity contribution in [2.75, 3.05) is 30.8 Å². The molecule has 128 valence electrons. The summed E-state index contributed by atoms with van der Waals surface area (Å²) >= 11 is 5.82. The van der Waals surface area contributed by atoms with Crippen molar-refractivity contribution in [3.8, 4) is 0 Å². The fourth-order valence-electron chi connectivity index (χ4n) is 2.49. The number of hydrogen-bond acceptors (Lipinski definition) is 5. The van der Waals surface area contributed by atoms with E-state index in [0.717, 1.165) is 30.9 Å². The minimum Gasteiger partial charge on any atom is -0.370 e. The summed E-state index contributed by atoms with van der Waals surface area (Å²) in [7, 11) is 1.84. The Hall–Kier alpha value is -1.92. The van der Waals surface area contributed by atoms with Crippen LogP contribution in [0.15, 0.2) is 30.5 Å². The fraction of sp³-hybridized carbons (Fsp3) is 0.412. The molecule has 2 N–H and O–H groups in total. The van der Waals surface area contributed by atoms with Gasteiger partial charge in [0.1, 0.15) is 11.6 Å². The van der Waals surface area contributed by atoms with Gasteiger partial charge in [-0.25, -0.2) is 13.8 Å². The van der Waals surface area contributed by atoms with Crippen LogP contribution in [-0.4, -0.2) is 34.5 Å². The van der Waals surface area contributed by atoms with E-state index in [2.05, 4.69) is 20.6 Å². The van der Waals surface area contributed by atoms with Gasteiger partial charge in [0.25, 0.3) is 0 Å².